The average molecular weight is 505 g/mol. The fraction of sp³-hybridized carbons (Fsp3) is 0.333. The van der Waals surface area contributed by atoms with Gasteiger partial charge in [0.15, 0.2) is 5.78 Å². The van der Waals surface area contributed by atoms with Gasteiger partial charge in [0.25, 0.3) is 5.91 Å². The van der Waals surface area contributed by atoms with E-state index < -0.39 is 36.3 Å². The molecule has 10 nitrogen and oxygen atoms in total. The van der Waals surface area contributed by atoms with Gasteiger partial charge in [0, 0.05) is 29.9 Å². The summed E-state index contributed by atoms with van der Waals surface area (Å²) in [5, 5.41) is 15.7. The third-order valence-electron chi connectivity index (χ3n) is 7.13. The summed E-state index contributed by atoms with van der Waals surface area (Å²) in [5.74, 6) is -1.50. The Hall–Kier alpha value is -4.18. The fourth-order valence-corrected chi connectivity index (χ4v) is 5.22. The van der Waals surface area contributed by atoms with Gasteiger partial charge in [-0.25, -0.2) is 0 Å². The maximum absolute atomic E-state index is 13.7. The lowest BCUT2D eigenvalue weighted by Crippen LogP contribution is -2.48. The Balaban J connectivity index is 1.44. The summed E-state index contributed by atoms with van der Waals surface area (Å²) in [4.78, 5) is 56.5. The van der Waals surface area contributed by atoms with Crippen LogP contribution in [0.25, 0.3) is 10.9 Å². The van der Waals surface area contributed by atoms with E-state index in [2.05, 4.69) is 15.6 Å². The summed E-state index contributed by atoms with van der Waals surface area (Å²) in [6.07, 6.45) is 0.631. The molecule has 0 radical (unpaired) electrons. The maximum Gasteiger partial charge on any atom is 0.271 e. The lowest BCUT2D eigenvalue weighted by molar-refractivity contribution is -0.132. The highest BCUT2D eigenvalue weighted by Crippen LogP contribution is 2.36. The van der Waals surface area contributed by atoms with Gasteiger partial charge in [-0.15, -0.1) is 0 Å². The average Bonchev–Trinajstić information content (AvgIpc) is 3.63. The number of hydrogen-bond acceptors (Lipinski definition) is 6. The lowest BCUT2D eigenvalue weighted by atomic mass is 9.95. The molecule has 3 atom stereocenters. The number of benzene rings is 2. The predicted octanol–water partition coefficient (Wildman–Crippen LogP) is 1.45. The highest BCUT2D eigenvalue weighted by Gasteiger charge is 2.41. The molecular formula is C27H28N4O6. The number of ketones is 1. The molecule has 0 aliphatic carbocycles. The first-order valence-electron chi connectivity index (χ1n) is 12.2. The molecule has 3 aromatic rings. The Labute approximate surface area is 213 Å². The molecule has 3 amide bonds. The van der Waals surface area contributed by atoms with Crippen LogP contribution in [0, 0.1) is 5.92 Å². The normalized spacial score (nSPS) is 19.4. The third-order valence-corrected chi connectivity index (χ3v) is 7.13. The Kier molecular flexibility index (Phi) is 6.66. The Morgan fingerprint density at radius 1 is 1.19 bits per heavy atom. The molecule has 1 saturated heterocycles. The number of aromatic nitrogens is 1. The minimum Gasteiger partial charge on any atom is -0.496 e. The minimum atomic E-state index is -1.05. The standard InChI is InChI=1S/C27H28N4O6/c1-37-23-8-4-7-19-18(23)12-21(29-19)27(36)31-13-16-5-2-3-6-17(16)24(31)26(35)30-20(22(33)14-32)11-15-9-10-28-25(15)34/h2-8,12,15,20,24,29,32H,9-11,13-14H2,1H3,(H,28,34)(H,30,35)/t15-,20-,24-/m0/s1. The highest BCUT2D eigenvalue weighted by molar-refractivity contribution is 6.02. The molecule has 0 spiro atoms. The van der Waals surface area contributed by atoms with Crippen LogP contribution in [-0.4, -0.2) is 64.8 Å². The largest absolute Gasteiger partial charge is 0.496 e. The summed E-state index contributed by atoms with van der Waals surface area (Å²) in [7, 11) is 1.56. The SMILES string of the molecule is COc1cccc2[nH]c(C(=O)N3Cc4ccccc4[C@H]3C(=O)N[C@@H](C[C@@H]3CCNC3=O)C(=O)CO)cc12. The van der Waals surface area contributed by atoms with Crippen LogP contribution in [0.3, 0.4) is 0 Å². The number of amides is 3. The Morgan fingerprint density at radius 3 is 2.73 bits per heavy atom. The van der Waals surface area contributed by atoms with Gasteiger partial charge in [-0.3, -0.25) is 19.2 Å². The molecule has 2 aromatic carbocycles. The zero-order chi connectivity index (χ0) is 26.1. The molecule has 0 saturated carbocycles. The molecule has 4 N–H and O–H groups in total. The van der Waals surface area contributed by atoms with Crippen LogP contribution in [0.4, 0.5) is 0 Å². The number of carbonyl (C=O) groups is 4. The first-order valence-corrected chi connectivity index (χ1v) is 12.2. The summed E-state index contributed by atoms with van der Waals surface area (Å²) in [5.41, 5.74) is 2.51. The van der Waals surface area contributed by atoms with Crippen molar-refractivity contribution in [1.82, 2.24) is 20.5 Å². The molecule has 10 heteroatoms. The number of nitrogens with zero attached hydrogens (tertiary/aromatic N) is 1. The number of ether oxygens (including phenoxy) is 1. The van der Waals surface area contributed by atoms with Crippen LogP contribution in [0.15, 0.2) is 48.5 Å². The predicted molar refractivity (Wildman–Crippen MR) is 134 cm³/mol. The van der Waals surface area contributed by atoms with Crippen molar-refractivity contribution >= 4 is 34.4 Å². The van der Waals surface area contributed by atoms with Gasteiger partial charge in [0.2, 0.25) is 11.8 Å². The van der Waals surface area contributed by atoms with Crippen molar-refractivity contribution in [3.63, 3.8) is 0 Å². The van der Waals surface area contributed by atoms with Crippen molar-refractivity contribution in [3.8, 4) is 5.75 Å². The van der Waals surface area contributed by atoms with E-state index in [9.17, 15) is 24.3 Å². The number of hydrogen-bond donors (Lipinski definition) is 4. The number of Topliss-reactive ketones (excluding diaryl/α,β-unsaturated/α-hetero) is 1. The second-order valence-corrected chi connectivity index (χ2v) is 9.34. The van der Waals surface area contributed by atoms with Crippen molar-refractivity contribution < 1.29 is 29.0 Å². The molecule has 2 aliphatic heterocycles. The highest BCUT2D eigenvalue weighted by atomic mass is 16.5. The molecule has 3 heterocycles. The van der Waals surface area contributed by atoms with Gasteiger partial charge in [-0.05, 0) is 42.2 Å². The molecule has 0 unspecified atom stereocenters. The summed E-state index contributed by atoms with van der Waals surface area (Å²) in [6, 6.07) is 12.4. The van der Waals surface area contributed by atoms with Gasteiger partial charge < -0.3 is 30.4 Å². The zero-order valence-electron chi connectivity index (χ0n) is 20.3. The molecule has 2 aliphatic rings. The number of nitrogens with one attached hydrogen (secondary N) is 3. The van der Waals surface area contributed by atoms with Crippen molar-refractivity contribution in [2.45, 2.75) is 31.5 Å². The van der Waals surface area contributed by atoms with Crippen LogP contribution in [-0.2, 0) is 20.9 Å². The summed E-state index contributed by atoms with van der Waals surface area (Å²) >= 11 is 0. The van der Waals surface area contributed by atoms with Crippen LogP contribution >= 0.6 is 0 Å². The second kappa shape index (κ2) is 10.1. The molecule has 1 fully saturated rings. The van der Waals surface area contributed by atoms with Crippen molar-refractivity contribution in [2.24, 2.45) is 5.92 Å². The van der Waals surface area contributed by atoms with Crippen molar-refractivity contribution in [2.75, 3.05) is 20.3 Å². The zero-order valence-corrected chi connectivity index (χ0v) is 20.3. The topological polar surface area (TPSA) is 141 Å². The van der Waals surface area contributed by atoms with E-state index >= 15 is 0 Å². The Morgan fingerprint density at radius 2 is 2.00 bits per heavy atom. The number of rotatable bonds is 8. The van der Waals surface area contributed by atoms with Gasteiger partial charge in [0.05, 0.1) is 13.2 Å². The number of fused-ring (bicyclic) bond motifs is 2. The number of H-pyrrole nitrogens is 1. The monoisotopic (exact) mass is 504 g/mol. The molecule has 192 valence electrons. The first kappa shape index (κ1) is 24.5. The van der Waals surface area contributed by atoms with Gasteiger partial charge in [0.1, 0.15) is 24.1 Å². The van der Waals surface area contributed by atoms with E-state index in [4.69, 9.17) is 4.74 Å². The number of aliphatic hydroxyl groups excluding tert-OH is 1. The quantitative estimate of drug-likeness (QED) is 0.366. The number of carbonyl (C=O) groups excluding carboxylic acids is 4. The molecule has 0 bridgehead atoms. The third kappa shape index (κ3) is 4.55. The summed E-state index contributed by atoms with van der Waals surface area (Å²) in [6.45, 7) is -0.0473. The van der Waals surface area contributed by atoms with Crippen LogP contribution in [0.1, 0.15) is 40.5 Å². The molecule has 1 aromatic heterocycles. The number of aromatic amines is 1. The summed E-state index contributed by atoms with van der Waals surface area (Å²) < 4.78 is 5.41. The van der Waals surface area contributed by atoms with E-state index in [1.165, 1.54) is 4.90 Å². The first-order chi connectivity index (χ1) is 17.9. The van der Waals surface area contributed by atoms with Gasteiger partial charge in [-0.2, -0.15) is 0 Å². The minimum absolute atomic E-state index is 0.0844. The molecular weight excluding hydrogens is 476 g/mol. The van der Waals surface area contributed by atoms with E-state index in [1.807, 2.05) is 24.3 Å². The van der Waals surface area contributed by atoms with E-state index in [1.54, 1.807) is 31.4 Å². The lowest BCUT2D eigenvalue weighted by Gasteiger charge is -2.27. The van der Waals surface area contributed by atoms with Crippen LogP contribution in [0.5, 0.6) is 5.75 Å². The fourth-order valence-electron chi connectivity index (χ4n) is 5.22. The van der Waals surface area contributed by atoms with E-state index in [0.29, 0.717) is 30.0 Å². The van der Waals surface area contributed by atoms with Crippen molar-refractivity contribution in [3.05, 3.63) is 65.4 Å². The van der Waals surface area contributed by atoms with Crippen molar-refractivity contribution in [1.29, 1.82) is 0 Å². The number of aliphatic hydroxyl groups is 1. The van der Waals surface area contributed by atoms with Crippen LogP contribution < -0.4 is 15.4 Å². The van der Waals surface area contributed by atoms with E-state index in [-0.39, 0.29) is 24.8 Å². The van der Waals surface area contributed by atoms with Gasteiger partial charge >= 0.3 is 0 Å². The smallest absolute Gasteiger partial charge is 0.271 e. The number of methoxy groups -OCH3 is 1. The maximum atomic E-state index is 13.7. The second-order valence-electron chi connectivity index (χ2n) is 9.34. The molecule has 37 heavy (non-hydrogen) atoms. The van der Waals surface area contributed by atoms with Crippen LogP contribution in [0.2, 0.25) is 0 Å². The Bertz CT molecular complexity index is 1380. The molecule has 5 rings (SSSR count). The van der Waals surface area contributed by atoms with E-state index in [0.717, 1.165) is 16.5 Å². The van der Waals surface area contributed by atoms with Gasteiger partial charge in [-0.1, -0.05) is 30.3 Å².